The van der Waals surface area contributed by atoms with Gasteiger partial charge in [0.1, 0.15) is 0 Å². The average Bonchev–Trinajstić information content (AvgIpc) is 3.25. The molecular formula is C31H23N. The van der Waals surface area contributed by atoms with Crippen molar-refractivity contribution in [3.8, 4) is 22.3 Å². The van der Waals surface area contributed by atoms with Gasteiger partial charge in [-0.3, -0.25) is 0 Å². The Hall–Kier alpha value is -4.10. The van der Waals surface area contributed by atoms with Gasteiger partial charge in [-0.05, 0) is 64.6 Å². The summed E-state index contributed by atoms with van der Waals surface area (Å²) in [7, 11) is 0. The minimum atomic E-state index is 0.979. The Balaban J connectivity index is 1.56. The Bertz CT molecular complexity index is 1350. The smallest absolute Gasteiger partial charge is 0.0540 e. The van der Waals surface area contributed by atoms with Crippen LogP contribution in [0, 0.1) is 0 Å². The molecule has 0 N–H and O–H groups in total. The molecule has 5 aromatic rings. The Morgan fingerprint density at radius 3 is 1.59 bits per heavy atom. The first-order chi connectivity index (χ1) is 15.9. The van der Waals surface area contributed by atoms with E-state index in [1.165, 1.54) is 39.1 Å². The number of anilines is 3. The van der Waals surface area contributed by atoms with Crippen molar-refractivity contribution in [3.63, 3.8) is 0 Å². The summed E-state index contributed by atoms with van der Waals surface area (Å²) in [6.45, 7) is 0. The summed E-state index contributed by atoms with van der Waals surface area (Å²) in [5, 5.41) is 0. The molecule has 0 atom stereocenters. The van der Waals surface area contributed by atoms with E-state index >= 15 is 0 Å². The van der Waals surface area contributed by atoms with Crippen LogP contribution in [0.4, 0.5) is 17.1 Å². The van der Waals surface area contributed by atoms with Gasteiger partial charge in [0.15, 0.2) is 0 Å². The van der Waals surface area contributed by atoms with Crippen molar-refractivity contribution in [2.45, 2.75) is 6.42 Å². The van der Waals surface area contributed by atoms with Crippen LogP contribution in [0.5, 0.6) is 0 Å². The summed E-state index contributed by atoms with van der Waals surface area (Å²) in [6.07, 6.45) is 0.979. The van der Waals surface area contributed by atoms with Crippen molar-refractivity contribution in [1.82, 2.24) is 0 Å². The predicted molar refractivity (Wildman–Crippen MR) is 135 cm³/mol. The molecule has 5 aromatic carbocycles. The first-order valence-electron chi connectivity index (χ1n) is 11.1. The Morgan fingerprint density at radius 1 is 0.406 bits per heavy atom. The Labute approximate surface area is 189 Å². The van der Waals surface area contributed by atoms with Crippen LogP contribution >= 0.6 is 0 Å². The van der Waals surface area contributed by atoms with E-state index in [9.17, 15) is 0 Å². The standard InChI is InChI=1S/C31H23N/c1-3-13-24(14-4-1)32(25-15-5-2-6-16-25)31-21-10-9-18-29(31)28-20-11-19-27-26-17-8-7-12-23(26)22-30(27)28/h1-21H,22H2. The molecule has 6 rings (SSSR count). The number of rotatable bonds is 4. The minimum Gasteiger partial charge on any atom is -0.310 e. The topological polar surface area (TPSA) is 3.24 Å². The van der Waals surface area contributed by atoms with Gasteiger partial charge in [0.25, 0.3) is 0 Å². The number of para-hydroxylation sites is 3. The Kier molecular flexibility index (Phi) is 4.58. The van der Waals surface area contributed by atoms with Crippen molar-refractivity contribution < 1.29 is 0 Å². The third-order valence-electron chi connectivity index (χ3n) is 6.31. The molecule has 0 unspecified atom stereocenters. The zero-order chi connectivity index (χ0) is 21.3. The van der Waals surface area contributed by atoms with Crippen LogP contribution in [0.15, 0.2) is 127 Å². The molecule has 1 heteroatoms. The molecule has 0 bridgehead atoms. The van der Waals surface area contributed by atoms with E-state index in [1.807, 2.05) is 0 Å². The van der Waals surface area contributed by atoms with Crippen molar-refractivity contribution in [2.75, 3.05) is 4.90 Å². The zero-order valence-corrected chi connectivity index (χ0v) is 17.8. The van der Waals surface area contributed by atoms with Crippen molar-refractivity contribution in [3.05, 3.63) is 139 Å². The molecule has 0 saturated carbocycles. The van der Waals surface area contributed by atoms with E-state index in [2.05, 4.69) is 132 Å². The highest BCUT2D eigenvalue weighted by molar-refractivity contribution is 5.92. The fourth-order valence-electron chi connectivity index (χ4n) is 4.89. The SMILES string of the molecule is c1ccc(N(c2ccccc2)c2ccccc2-c2cccc3c2Cc2ccccc2-3)cc1. The summed E-state index contributed by atoms with van der Waals surface area (Å²) in [6, 6.07) is 45.5. The van der Waals surface area contributed by atoms with Crippen LogP contribution in [-0.2, 0) is 6.42 Å². The molecular weight excluding hydrogens is 386 g/mol. The molecule has 0 saturated heterocycles. The fourth-order valence-corrected chi connectivity index (χ4v) is 4.89. The zero-order valence-electron chi connectivity index (χ0n) is 17.8. The normalized spacial score (nSPS) is 11.6. The average molecular weight is 410 g/mol. The number of nitrogens with zero attached hydrogens (tertiary/aromatic N) is 1. The van der Waals surface area contributed by atoms with Gasteiger partial charge >= 0.3 is 0 Å². The first-order valence-corrected chi connectivity index (χ1v) is 11.1. The van der Waals surface area contributed by atoms with Gasteiger partial charge < -0.3 is 4.90 Å². The van der Waals surface area contributed by atoms with Crippen molar-refractivity contribution >= 4 is 17.1 Å². The summed E-state index contributed by atoms with van der Waals surface area (Å²) in [5.74, 6) is 0. The molecule has 0 aromatic heterocycles. The molecule has 0 amide bonds. The van der Waals surface area contributed by atoms with Crippen LogP contribution in [0.1, 0.15) is 11.1 Å². The van der Waals surface area contributed by atoms with Gasteiger partial charge in [0, 0.05) is 16.9 Å². The van der Waals surface area contributed by atoms with Gasteiger partial charge in [-0.25, -0.2) is 0 Å². The number of fused-ring (bicyclic) bond motifs is 3. The third kappa shape index (κ3) is 3.11. The summed E-state index contributed by atoms with van der Waals surface area (Å²) < 4.78 is 0. The van der Waals surface area contributed by atoms with E-state index in [-0.39, 0.29) is 0 Å². The van der Waals surface area contributed by atoms with E-state index in [1.54, 1.807) is 0 Å². The maximum Gasteiger partial charge on any atom is 0.0540 e. The lowest BCUT2D eigenvalue weighted by Gasteiger charge is -2.28. The van der Waals surface area contributed by atoms with E-state index in [4.69, 9.17) is 0 Å². The van der Waals surface area contributed by atoms with E-state index in [0.29, 0.717) is 0 Å². The number of hydrogen-bond acceptors (Lipinski definition) is 1. The minimum absolute atomic E-state index is 0.979. The maximum absolute atomic E-state index is 2.36. The summed E-state index contributed by atoms with van der Waals surface area (Å²) in [4.78, 5) is 2.36. The summed E-state index contributed by atoms with van der Waals surface area (Å²) in [5.41, 5.74) is 11.6. The van der Waals surface area contributed by atoms with Crippen LogP contribution in [0.2, 0.25) is 0 Å². The highest BCUT2D eigenvalue weighted by atomic mass is 15.1. The lowest BCUT2D eigenvalue weighted by Crippen LogP contribution is -2.11. The molecule has 32 heavy (non-hydrogen) atoms. The molecule has 152 valence electrons. The van der Waals surface area contributed by atoms with Crippen LogP contribution in [0.3, 0.4) is 0 Å². The van der Waals surface area contributed by atoms with E-state index < -0.39 is 0 Å². The maximum atomic E-state index is 2.36. The van der Waals surface area contributed by atoms with Crippen molar-refractivity contribution in [2.24, 2.45) is 0 Å². The van der Waals surface area contributed by atoms with Gasteiger partial charge in [-0.1, -0.05) is 97.1 Å². The van der Waals surface area contributed by atoms with Crippen LogP contribution < -0.4 is 4.90 Å². The van der Waals surface area contributed by atoms with Crippen molar-refractivity contribution in [1.29, 1.82) is 0 Å². The van der Waals surface area contributed by atoms with Crippen LogP contribution in [-0.4, -0.2) is 0 Å². The lowest BCUT2D eigenvalue weighted by molar-refractivity contribution is 1.25. The lowest BCUT2D eigenvalue weighted by atomic mass is 9.94. The second kappa shape index (κ2) is 7.86. The molecule has 0 spiro atoms. The van der Waals surface area contributed by atoms with Crippen LogP contribution in [0.25, 0.3) is 22.3 Å². The quantitative estimate of drug-likeness (QED) is 0.282. The second-order valence-electron chi connectivity index (χ2n) is 8.19. The van der Waals surface area contributed by atoms with Gasteiger partial charge in [-0.2, -0.15) is 0 Å². The molecule has 0 radical (unpaired) electrons. The monoisotopic (exact) mass is 409 g/mol. The fraction of sp³-hybridized carbons (Fsp3) is 0.0323. The highest BCUT2D eigenvalue weighted by Crippen LogP contribution is 2.46. The first kappa shape index (κ1) is 18.7. The largest absolute Gasteiger partial charge is 0.310 e. The molecule has 0 heterocycles. The molecule has 1 nitrogen and oxygen atoms in total. The predicted octanol–water partition coefficient (Wildman–Crippen LogP) is 8.39. The molecule has 1 aliphatic rings. The van der Waals surface area contributed by atoms with Gasteiger partial charge in [0.05, 0.1) is 5.69 Å². The number of benzene rings is 5. The molecule has 0 fully saturated rings. The van der Waals surface area contributed by atoms with Gasteiger partial charge in [0.2, 0.25) is 0 Å². The third-order valence-corrected chi connectivity index (χ3v) is 6.31. The number of hydrogen-bond donors (Lipinski definition) is 0. The highest BCUT2D eigenvalue weighted by Gasteiger charge is 2.23. The molecule has 0 aliphatic heterocycles. The Morgan fingerprint density at radius 2 is 0.906 bits per heavy atom. The molecule has 1 aliphatic carbocycles. The van der Waals surface area contributed by atoms with Gasteiger partial charge in [-0.15, -0.1) is 0 Å². The summed E-state index contributed by atoms with van der Waals surface area (Å²) >= 11 is 0. The second-order valence-corrected chi connectivity index (χ2v) is 8.19. The van der Waals surface area contributed by atoms with E-state index in [0.717, 1.165) is 17.8 Å².